The number of urea groups is 1. The molecule has 1 aromatic heterocycles. The normalized spacial score (nSPS) is 10.2. The Kier molecular flexibility index (Phi) is 7.55. The van der Waals surface area contributed by atoms with Crippen LogP contribution < -0.4 is 20.3 Å². The van der Waals surface area contributed by atoms with Gasteiger partial charge in [-0.3, -0.25) is 15.0 Å². The first kappa shape index (κ1) is 23.2. The number of benzene rings is 2. The Morgan fingerprint density at radius 2 is 1.88 bits per heavy atom. The molecule has 3 rings (SSSR count). The van der Waals surface area contributed by atoms with Crippen molar-refractivity contribution >= 4 is 52.4 Å². The van der Waals surface area contributed by atoms with Crippen LogP contribution in [0.25, 0.3) is 0 Å². The number of hydrogen-bond donors (Lipinski definition) is 4. The Morgan fingerprint density at radius 1 is 1.12 bits per heavy atom. The van der Waals surface area contributed by atoms with Gasteiger partial charge in [-0.15, -0.1) is 11.3 Å². The topological polar surface area (TPSA) is 158 Å². The first-order chi connectivity index (χ1) is 15.9. The van der Waals surface area contributed by atoms with E-state index in [1.165, 1.54) is 17.5 Å². The molecule has 1 heterocycles. The lowest BCUT2D eigenvalue weighted by Crippen LogP contribution is -2.28. The van der Waals surface area contributed by atoms with Crippen LogP contribution in [0, 0.1) is 0 Å². The predicted octanol–water partition coefficient (Wildman–Crippen LogP) is 2.92. The average Bonchev–Trinajstić information content (AvgIpc) is 3.25. The quantitative estimate of drug-likeness (QED) is 0.329. The second kappa shape index (κ2) is 10.7. The smallest absolute Gasteiger partial charge is 0.341 e. The van der Waals surface area contributed by atoms with E-state index in [-0.39, 0.29) is 27.9 Å². The van der Waals surface area contributed by atoms with Gasteiger partial charge in [-0.05, 0) is 23.8 Å². The van der Waals surface area contributed by atoms with Crippen LogP contribution in [0.5, 0.6) is 5.75 Å². The molecule has 0 saturated heterocycles. The molecule has 0 fully saturated rings. The summed E-state index contributed by atoms with van der Waals surface area (Å²) in [5, 5.41) is 25.1. The number of nitrogens with zero attached hydrogens (tertiary/aromatic N) is 2. The van der Waals surface area contributed by atoms with Crippen LogP contribution in [0.4, 0.5) is 21.4 Å². The third kappa shape index (κ3) is 6.27. The van der Waals surface area contributed by atoms with Gasteiger partial charge in [0.2, 0.25) is 6.41 Å². The van der Waals surface area contributed by atoms with Gasteiger partial charge in [-0.1, -0.05) is 30.3 Å². The number of carboxylic acid groups (broad SMARTS) is 2. The minimum atomic E-state index is -1.36. The van der Waals surface area contributed by atoms with Gasteiger partial charge in [0.15, 0.2) is 17.6 Å². The van der Waals surface area contributed by atoms with Gasteiger partial charge in [-0.2, -0.15) is 0 Å². The number of thiazole rings is 1. The first-order valence-corrected chi connectivity index (χ1v) is 10.3. The second-order valence-electron chi connectivity index (χ2n) is 6.45. The van der Waals surface area contributed by atoms with E-state index in [4.69, 9.17) is 9.84 Å². The standard InChI is InChI=1S/C21H18N4O7S/c26-12-25(14-6-7-16(32-10-18(27)28)15(8-14)19(29)30)17-11-33-21(23-17)24-20(31)22-9-13-4-2-1-3-5-13/h1-8,11-12H,9-10H2,(H,27,28)(H,29,30)(H2,22,23,24,31). The van der Waals surface area contributed by atoms with Crippen molar-refractivity contribution in [2.75, 3.05) is 16.8 Å². The fourth-order valence-corrected chi connectivity index (χ4v) is 3.38. The average molecular weight is 470 g/mol. The summed E-state index contributed by atoms with van der Waals surface area (Å²) in [5.41, 5.74) is 0.759. The lowest BCUT2D eigenvalue weighted by atomic mass is 10.1. The molecule has 12 heteroatoms. The van der Waals surface area contributed by atoms with Gasteiger partial charge in [0.25, 0.3) is 0 Å². The fraction of sp³-hybridized carbons (Fsp3) is 0.0952. The maximum Gasteiger partial charge on any atom is 0.341 e. The molecule has 0 unspecified atom stereocenters. The number of amides is 3. The van der Waals surface area contributed by atoms with Crippen molar-refractivity contribution in [1.29, 1.82) is 0 Å². The van der Waals surface area contributed by atoms with Crippen LogP contribution in [0.2, 0.25) is 0 Å². The number of carboxylic acids is 2. The highest BCUT2D eigenvalue weighted by Crippen LogP contribution is 2.31. The highest BCUT2D eigenvalue weighted by molar-refractivity contribution is 7.14. The van der Waals surface area contributed by atoms with Crippen molar-refractivity contribution in [3.63, 3.8) is 0 Å². The van der Waals surface area contributed by atoms with Crippen molar-refractivity contribution in [3.05, 3.63) is 65.0 Å². The van der Waals surface area contributed by atoms with Gasteiger partial charge in [0, 0.05) is 11.9 Å². The number of carbonyl (C=O) groups is 4. The molecule has 0 aliphatic carbocycles. The van der Waals surface area contributed by atoms with Gasteiger partial charge < -0.3 is 20.3 Å². The molecular weight excluding hydrogens is 452 g/mol. The Labute approximate surface area is 191 Å². The number of aromatic carboxylic acids is 1. The van der Waals surface area contributed by atoms with E-state index in [2.05, 4.69) is 15.6 Å². The highest BCUT2D eigenvalue weighted by atomic mass is 32.1. The monoisotopic (exact) mass is 470 g/mol. The number of aromatic nitrogens is 1. The molecule has 4 N–H and O–H groups in total. The molecule has 11 nitrogen and oxygen atoms in total. The van der Waals surface area contributed by atoms with Crippen molar-refractivity contribution < 1.29 is 34.1 Å². The van der Waals surface area contributed by atoms with Gasteiger partial charge in [0.1, 0.15) is 11.3 Å². The van der Waals surface area contributed by atoms with Crippen molar-refractivity contribution in [2.45, 2.75) is 6.54 Å². The maximum atomic E-state index is 12.1. The van der Waals surface area contributed by atoms with Crippen LogP contribution in [0.1, 0.15) is 15.9 Å². The molecule has 0 radical (unpaired) electrons. The number of hydrogen-bond acceptors (Lipinski definition) is 7. The second-order valence-corrected chi connectivity index (χ2v) is 7.31. The van der Waals surface area contributed by atoms with Gasteiger partial charge in [0.05, 0.1) is 5.69 Å². The van der Waals surface area contributed by atoms with Crippen molar-refractivity contribution in [2.24, 2.45) is 0 Å². The zero-order valence-corrected chi connectivity index (χ0v) is 17.7. The molecular formula is C21H18N4O7S. The lowest BCUT2D eigenvalue weighted by molar-refractivity contribution is -0.139. The van der Waals surface area contributed by atoms with E-state index in [1.807, 2.05) is 30.3 Å². The summed E-state index contributed by atoms with van der Waals surface area (Å²) >= 11 is 1.07. The molecule has 0 aliphatic heterocycles. The molecule has 0 spiro atoms. The van der Waals surface area contributed by atoms with E-state index in [9.17, 15) is 24.3 Å². The van der Waals surface area contributed by atoms with Crippen molar-refractivity contribution in [3.8, 4) is 5.75 Å². The number of ether oxygens (including phenoxy) is 1. The highest BCUT2D eigenvalue weighted by Gasteiger charge is 2.19. The van der Waals surface area contributed by atoms with Crippen LogP contribution in [-0.2, 0) is 16.1 Å². The molecule has 3 amide bonds. The first-order valence-electron chi connectivity index (χ1n) is 9.38. The summed E-state index contributed by atoms with van der Waals surface area (Å²) in [5.74, 6) is -2.63. The summed E-state index contributed by atoms with van der Waals surface area (Å²) in [4.78, 5) is 51.3. The van der Waals surface area contributed by atoms with Crippen LogP contribution in [-0.4, -0.2) is 46.2 Å². The summed E-state index contributed by atoms with van der Waals surface area (Å²) in [6, 6.07) is 12.6. The van der Waals surface area contributed by atoms with E-state index in [0.29, 0.717) is 13.0 Å². The third-order valence-corrected chi connectivity index (χ3v) is 4.93. The number of aliphatic carboxylic acids is 1. The Morgan fingerprint density at radius 3 is 2.55 bits per heavy atom. The van der Waals surface area contributed by atoms with E-state index >= 15 is 0 Å². The molecule has 33 heavy (non-hydrogen) atoms. The summed E-state index contributed by atoms with van der Waals surface area (Å²) in [6.45, 7) is -0.399. The zero-order valence-electron chi connectivity index (χ0n) is 16.9. The molecule has 2 aromatic carbocycles. The minimum absolute atomic E-state index is 0.156. The molecule has 0 aliphatic rings. The summed E-state index contributed by atoms with van der Waals surface area (Å²) in [7, 11) is 0. The van der Waals surface area contributed by atoms with Crippen LogP contribution in [0.3, 0.4) is 0 Å². The Bertz CT molecular complexity index is 1170. The molecule has 0 saturated carbocycles. The van der Waals surface area contributed by atoms with Crippen molar-refractivity contribution in [1.82, 2.24) is 10.3 Å². The number of nitrogens with one attached hydrogen (secondary N) is 2. The molecule has 170 valence electrons. The third-order valence-electron chi connectivity index (χ3n) is 4.18. The zero-order chi connectivity index (χ0) is 23.8. The number of rotatable bonds is 10. The predicted molar refractivity (Wildman–Crippen MR) is 119 cm³/mol. The Hall–Kier alpha value is -4.45. The van der Waals surface area contributed by atoms with E-state index in [0.717, 1.165) is 27.9 Å². The van der Waals surface area contributed by atoms with E-state index in [1.54, 1.807) is 0 Å². The van der Waals surface area contributed by atoms with Crippen LogP contribution >= 0.6 is 11.3 Å². The Balaban J connectivity index is 1.71. The molecule has 0 bridgehead atoms. The SMILES string of the molecule is O=CN(c1ccc(OCC(=O)O)c(C(=O)O)c1)c1csc(NC(=O)NCc2ccccc2)n1. The maximum absolute atomic E-state index is 12.1. The van der Waals surface area contributed by atoms with E-state index < -0.39 is 24.6 Å². The number of anilines is 3. The van der Waals surface area contributed by atoms with Gasteiger partial charge >= 0.3 is 18.0 Å². The van der Waals surface area contributed by atoms with Crippen LogP contribution in [0.15, 0.2) is 53.9 Å². The minimum Gasteiger partial charge on any atom is -0.481 e. The summed E-state index contributed by atoms with van der Waals surface area (Å²) < 4.78 is 4.98. The molecule has 3 aromatic rings. The van der Waals surface area contributed by atoms with Gasteiger partial charge in [-0.25, -0.2) is 19.4 Å². The lowest BCUT2D eigenvalue weighted by Gasteiger charge is -2.16. The largest absolute Gasteiger partial charge is 0.481 e. The molecule has 0 atom stereocenters. The fourth-order valence-electron chi connectivity index (χ4n) is 2.70. The number of carbonyl (C=O) groups excluding carboxylic acids is 2. The summed E-state index contributed by atoms with van der Waals surface area (Å²) in [6.07, 6.45) is 0.438.